The van der Waals surface area contributed by atoms with Crippen LogP contribution in [-0.2, 0) is 12.0 Å². The Balaban J connectivity index is 2.12. The summed E-state index contributed by atoms with van der Waals surface area (Å²) >= 11 is 0. The first-order valence-corrected chi connectivity index (χ1v) is 6.61. The van der Waals surface area contributed by atoms with Gasteiger partial charge in [-0.15, -0.1) is 0 Å². The third kappa shape index (κ3) is 3.44. The molecule has 2 aromatic rings. The first-order chi connectivity index (χ1) is 8.86. The average Bonchev–Trinajstić information content (AvgIpc) is 2.94. The van der Waals surface area contributed by atoms with Crippen molar-refractivity contribution in [1.29, 1.82) is 0 Å². The zero-order chi connectivity index (χ0) is 14.0. The Hall–Kier alpha value is -1.62. The standard InChI is InChI=1S/C14H23N5/c1-14(2,3)12-6-9-19(15-12)13-7-8-18(16-13)11-10-17(4)5/h6-9H,10-11H2,1-5H3. The molecule has 0 saturated carbocycles. The number of rotatable bonds is 4. The Morgan fingerprint density at radius 3 is 2.42 bits per heavy atom. The molecule has 0 aliphatic rings. The van der Waals surface area contributed by atoms with E-state index in [4.69, 9.17) is 0 Å². The summed E-state index contributed by atoms with van der Waals surface area (Å²) in [5.74, 6) is 0.870. The lowest BCUT2D eigenvalue weighted by molar-refractivity contribution is 0.373. The molecule has 2 heterocycles. The highest BCUT2D eigenvalue weighted by Gasteiger charge is 2.17. The van der Waals surface area contributed by atoms with Crippen molar-refractivity contribution in [3.8, 4) is 5.82 Å². The minimum absolute atomic E-state index is 0.0682. The fraction of sp³-hybridized carbons (Fsp3) is 0.571. The van der Waals surface area contributed by atoms with Gasteiger partial charge in [0.25, 0.3) is 0 Å². The maximum absolute atomic E-state index is 4.59. The molecule has 5 nitrogen and oxygen atoms in total. The molecule has 0 aliphatic heterocycles. The summed E-state index contributed by atoms with van der Waals surface area (Å²) in [4.78, 5) is 2.15. The Morgan fingerprint density at radius 2 is 1.84 bits per heavy atom. The maximum Gasteiger partial charge on any atom is 0.174 e. The van der Waals surface area contributed by atoms with E-state index >= 15 is 0 Å². The molecule has 0 aromatic carbocycles. The molecule has 0 bridgehead atoms. The van der Waals surface area contributed by atoms with Gasteiger partial charge in [-0.25, -0.2) is 4.68 Å². The van der Waals surface area contributed by atoms with Crippen LogP contribution in [0.25, 0.3) is 5.82 Å². The van der Waals surface area contributed by atoms with Gasteiger partial charge in [-0.2, -0.15) is 10.2 Å². The molecule has 0 aliphatic carbocycles. The molecule has 0 amide bonds. The molecule has 2 rings (SSSR count). The van der Waals surface area contributed by atoms with Gasteiger partial charge in [0.1, 0.15) is 0 Å². The second kappa shape index (κ2) is 5.17. The van der Waals surface area contributed by atoms with Crippen molar-refractivity contribution < 1.29 is 0 Å². The number of likely N-dealkylation sites (N-methyl/N-ethyl adjacent to an activating group) is 1. The average molecular weight is 261 g/mol. The van der Waals surface area contributed by atoms with E-state index in [0.29, 0.717) is 0 Å². The van der Waals surface area contributed by atoms with Crippen LogP contribution < -0.4 is 0 Å². The van der Waals surface area contributed by atoms with Gasteiger partial charge in [0, 0.05) is 30.4 Å². The van der Waals surface area contributed by atoms with E-state index in [1.807, 2.05) is 27.8 Å². The molecule has 0 fully saturated rings. The molecule has 0 N–H and O–H groups in total. The van der Waals surface area contributed by atoms with Crippen molar-refractivity contribution >= 4 is 0 Å². The summed E-state index contributed by atoms with van der Waals surface area (Å²) in [5.41, 5.74) is 1.15. The van der Waals surface area contributed by atoms with Gasteiger partial charge in [-0.3, -0.25) is 4.68 Å². The smallest absolute Gasteiger partial charge is 0.174 e. The van der Waals surface area contributed by atoms with Gasteiger partial charge >= 0.3 is 0 Å². The van der Waals surface area contributed by atoms with E-state index < -0.39 is 0 Å². The topological polar surface area (TPSA) is 38.9 Å². The second-order valence-corrected chi connectivity index (χ2v) is 6.14. The summed E-state index contributed by atoms with van der Waals surface area (Å²) in [5, 5.41) is 9.13. The fourth-order valence-electron chi connectivity index (χ4n) is 1.75. The van der Waals surface area contributed by atoms with Gasteiger partial charge in [-0.1, -0.05) is 20.8 Å². The van der Waals surface area contributed by atoms with Gasteiger partial charge in [0.05, 0.1) is 12.2 Å². The number of hydrogen-bond donors (Lipinski definition) is 0. The Kier molecular flexibility index (Phi) is 3.75. The van der Waals surface area contributed by atoms with Crippen LogP contribution >= 0.6 is 0 Å². The van der Waals surface area contributed by atoms with Crippen molar-refractivity contribution in [3.63, 3.8) is 0 Å². The monoisotopic (exact) mass is 261 g/mol. The minimum atomic E-state index is 0.0682. The van der Waals surface area contributed by atoms with Gasteiger partial charge in [0.15, 0.2) is 5.82 Å². The third-order valence-electron chi connectivity index (χ3n) is 3.00. The normalized spacial score (nSPS) is 12.3. The van der Waals surface area contributed by atoms with Crippen molar-refractivity contribution in [3.05, 3.63) is 30.2 Å². The molecule has 0 atom stereocenters. The Bertz CT molecular complexity index is 530. The predicted octanol–water partition coefficient (Wildman–Crippen LogP) is 1.93. The Labute approximate surface area is 114 Å². The highest BCUT2D eigenvalue weighted by molar-refractivity contribution is 5.21. The number of nitrogens with zero attached hydrogens (tertiary/aromatic N) is 5. The molecule has 2 aromatic heterocycles. The van der Waals surface area contributed by atoms with Crippen LogP contribution in [0.5, 0.6) is 0 Å². The largest absolute Gasteiger partial charge is 0.308 e. The van der Waals surface area contributed by atoms with Crippen molar-refractivity contribution in [1.82, 2.24) is 24.5 Å². The molecular formula is C14H23N5. The number of hydrogen-bond acceptors (Lipinski definition) is 3. The molecule has 19 heavy (non-hydrogen) atoms. The van der Waals surface area contributed by atoms with Crippen LogP contribution in [0.15, 0.2) is 24.5 Å². The molecule has 104 valence electrons. The SMILES string of the molecule is CN(C)CCn1ccc(-n2ccc(C(C)(C)C)n2)n1. The van der Waals surface area contributed by atoms with E-state index in [0.717, 1.165) is 24.6 Å². The van der Waals surface area contributed by atoms with Crippen molar-refractivity contribution in [2.75, 3.05) is 20.6 Å². The van der Waals surface area contributed by atoms with Crippen molar-refractivity contribution in [2.24, 2.45) is 0 Å². The lowest BCUT2D eigenvalue weighted by atomic mass is 9.93. The van der Waals surface area contributed by atoms with Crippen LogP contribution in [0.4, 0.5) is 0 Å². The predicted molar refractivity (Wildman–Crippen MR) is 76.6 cm³/mol. The van der Waals surface area contributed by atoms with E-state index in [9.17, 15) is 0 Å². The molecule has 0 saturated heterocycles. The van der Waals surface area contributed by atoms with Gasteiger partial charge < -0.3 is 4.90 Å². The molecular weight excluding hydrogens is 238 g/mol. The Morgan fingerprint density at radius 1 is 1.11 bits per heavy atom. The second-order valence-electron chi connectivity index (χ2n) is 6.14. The summed E-state index contributed by atoms with van der Waals surface area (Å²) in [6, 6.07) is 4.05. The van der Waals surface area contributed by atoms with E-state index in [1.165, 1.54) is 0 Å². The molecule has 0 spiro atoms. The highest BCUT2D eigenvalue weighted by Crippen LogP contribution is 2.20. The van der Waals surface area contributed by atoms with Gasteiger partial charge in [-0.05, 0) is 20.2 Å². The summed E-state index contributed by atoms with van der Waals surface area (Å²) in [6.07, 6.45) is 3.97. The number of aromatic nitrogens is 4. The maximum atomic E-state index is 4.59. The van der Waals surface area contributed by atoms with Crippen LogP contribution in [0, 0.1) is 0 Å². The van der Waals surface area contributed by atoms with Gasteiger partial charge in [0.2, 0.25) is 0 Å². The summed E-state index contributed by atoms with van der Waals surface area (Å²) in [7, 11) is 4.13. The first-order valence-electron chi connectivity index (χ1n) is 6.61. The lowest BCUT2D eigenvalue weighted by Crippen LogP contribution is -2.18. The third-order valence-corrected chi connectivity index (χ3v) is 3.00. The molecule has 0 unspecified atom stereocenters. The van der Waals surface area contributed by atoms with E-state index in [-0.39, 0.29) is 5.41 Å². The molecule has 5 heteroatoms. The minimum Gasteiger partial charge on any atom is -0.308 e. The van der Waals surface area contributed by atoms with Crippen LogP contribution in [0.1, 0.15) is 26.5 Å². The van der Waals surface area contributed by atoms with Crippen LogP contribution in [0.2, 0.25) is 0 Å². The summed E-state index contributed by atoms with van der Waals surface area (Å²) in [6.45, 7) is 8.36. The van der Waals surface area contributed by atoms with Crippen molar-refractivity contribution in [2.45, 2.75) is 32.7 Å². The van der Waals surface area contributed by atoms with Crippen LogP contribution in [-0.4, -0.2) is 45.1 Å². The fourth-order valence-corrected chi connectivity index (χ4v) is 1.75. The summed E-state index contributed by atoms with van der Waals surface area (Å²) < 4.78 is 3.79. The van der Waals surface area contributed by atoms with E-state index in [1.54, 1.807) is 0 Å². The highest BCUT2D eigenvalue weighted by atomic mass is 15.4. The first kappa shape index (κ1) is 13.8. The lowest BCUT2D eigenvalue weighted by Gasteiger charge is -2.14. The zero-order valence-corrected chi connectivity index (χ0v) is 12.5. The molecule has 0 radical (unpaired) electrons. The van der Waals surface area contributed by atoms with Crippen LogP contribution in [0.3, 0.4) is 0 Å². The van der Waals surface area contributed by atoms with E-state index in [2.05, 4.69) is 56.0 Å². The zero-order valence-electron chi connectivity index (χ0n) is 12.5. The quantitative estimate of drug-likeness (QED) is 0.844.